The van der Waals surface area contributed by atoms with Crippen LogP contribution in [0.15, 0.2) is 46.0 Å². The minimum Gasteiger partial charge on any atom is -0.492 e. The lowest BCUT2D eigenvalue weighted by Gasteiger charge is -2.34. The maximum absolute atomic E-state index is 13.0. The lowest BCUT2D eigenvalue weighted by Crippen LogP contribution is -2.49. The van der Waals surface area contributed by atoms with Crippen molar-refractivity contribution >= 4 is 28.5 Å². The van der Waals surface area contributed by atoms with Gasteiger partial charge in [-0.2, -0.15) is 0 Å². The van der Waals surface area contributed by atoms with Gasteiger partial charge in [0.05, 0.1) is 5.39 Å². The van der Waals surface area contributed by atoms with Crippen LogP contribution >= 0.6 is 11.6 Å². The first-order valence-corrected chi connectivity index (χ1v) is 10.7. The molecule has 0 saturated carbocycles. The number of fused-ring (bicyclic) bond motifs is 1. The number of aryl methyl sites for hydroxylation is 1. The number of piperazine rings is 1. The Hall–Kier alpha value is -3.17. The van der Waals surface area contributed by atoms with E-state index in [1.54, 1.807) is 29.2 Å². The number of halogens is 1. The van der Waals surface area contributed by atoms with Crippen LogP contribution in [0.25, 0.3) is 11.0 Å². The van der Waals surface area contributed by atoms with E-state index in [4.69, 9.17) is 16.3 Å². The van der Waals surface area contributed by atoms with Gasteiger partial charge in [-0.3, -0.25) is 23.6 Å². The number of rotatable bonds is 5. The number of nitrogens with zero attached hydrogens (tertiary/aromatic N) is 5. The standard InChI is InChI=1S/C22H24ClN5O4/c1-25-19-17(20(29)26(2)22(25)31)7-8-18(24-19)21(30)28-11-9-27(10-12-28)13-14-32-16-5-3-15(23)4-6-16/h3-8H,9-14H2,1-2H3. The van der Waals surface area contributed by atoms with Crippen LogP contribution in [-0.4, -0.2) is 69.2 Å². The van der Waals surface area contributed by atoms with Crippen molar-refractivity contribution in [1.29, 1.82) is 0 Å². The predicted octanol–water partition coefficient (Wildman–Crippen LogP) is 1.12. The first-order valence-electron chi connectivity index (χ1n) is 10.3. The number of amides is 1. The Bertz CT molecular complexity index is 1260. The van der Waals surface area contributed by atoms with Crippen molar-refractivity contribution in [2.45, 2.75) is 0 Å². The van der Waals surface area contributed by atoms with Crippen LogP contribution in [0.4, 0.5) is 0 Å². The number of ether oxygens (including phenoxy) is 1. The van der Waals surface area contributed by atoms with Gasteiger partial charge in [-0.25, -0.2) is 9.78 Å². The summed E-state index contributed by atoms with van der Waals surface area (Å²) in [6, 6.07) is 10.3. The summed E-state index contributed by atoms with van der Waals surface area (Å²) in [5.41, 5.74) is -0.472. The molecule has 0 aliphatic carbocycles. The van der Waals surface area contributed by atoms with Gasteiger partial charge >= 0.3 is 5.69 Å². The molecular formula is C22H24ClN5O4. The van der Waals surface area contributed by atoms with Gasteiger partial charge in [0, 0.05) is 51.8 Å². The average Bonchev–Trinajstić information content (AvgIpc) is 2.82. The summed E-state index contributed by atoms with van der Waals surface area (Å²) in [4.78, 5) is 45.8. The Balaban J connectivity index is 1.37. The SMILES string of the molecule is Cn1c(=O)c2ccc(C(=O)N3CCN(CCOc4ccc(Cl)cc4)CC3)nc2n(C)c1=O. The lowest BCUT2D eigenvalue weighted by atomic mass is 10.2. The molecule has 1 saturated heterocycles. The third-order valence-corrected chi connectivity index (χ3v) is 5.92. The van der Waals surface area contributed by atoms with E-state index in [9.17, 15) is 14.4 Å². The molecule has 0 N–H and O–H groups in total. The number of carbonyl (C=O) groups is 1. The van der Waals surface area contributed by atoms with Gasteiger partial charge in [0.15, 0.2) is 0 Å². The molecule has 1 amide bonds. The van der Waals surface area contributed by atoms with Gasteiger partial charge in [0.25, 0.3) is 11.5 Å². The summed E-state index contributed by atoms with van der Waals surface area (Å²) in [6.45, 7) is 3.88. The van der Waals surface area contributed by atoms with Crippen molar-refractivity contribution in [1.82, 2.24) is 23.9 Å². The maximum Gasteiger partial charge on any atom is 0.332 e. The Morgan fingerprint density at radius 2 is 1.69 bits per heavy atom. The Labute approximate surface area is 189 Å². The van der Waals surface area contributed by atoms with Crippen molar-refractivity contribution in [3.05, 3.63) is 68.0 Å². The van der Waals surface area contributed by atoms with E-state index in [0.29, 0.717) is 30.1 Å². The lowest BCUT2D eigenvalue weighted by molar-refractivity contribution is 0.0615. The Kier molecular flexibility index (Phi) is 6.29. The highest BCUT2D eigenvalue weighted by Gasteiger charge is 2.23. The van der Waals surface area contributed by atoms with Gasteiger partial charge in [-0.05, 0) is 36.4 Å². The molecule has 0 radical (unpaired) electrons. The van der Waals surface area contributed by atoms with E-state index in [1.165, 1.54) is 18.7 Å². The highest BCUT2D eigenvalue weighted by Crippen LogP contribution is 2.16. The van der Waals surface area contributed by atoms with Gasteiger partial charge in [-0.15, -0.1) is 0 Å². The third-order valence-electron chi connectivity index (χ3n) is 5.67. The Morgan fingerprint density at radius 1 is 1.00 bits per heavy atom. The maximum atomic E-state index is 13.0. The summed E-state index contributed by atoms with van der Waals surface area (Å²) in [5, 5.41) is 0.973. The van der Waals surface area contributed by atoms with E-state index < -0.39 is 11.2 Å². The molecule has 1 aromatic carbocycles. The largest absolute Gasteiger partial charge is 0.492 e. The van der Waals surface area contributed by atoms with Crippen LogP contribution in [0.3, 0.4) is 0 Å². The van der Waals surface area contributed by atoms with Crippen LogP contribution in [0.1, 0.15) is 10.5 Å². The summed E-state index contributed by atoms with van der Waals surface area (Å²) >= 11 is 5.88. The van der Waals surface area contributed by atoms with E-state index in [1.807, 2.05) is 12.1 Å². The molecule has 3 aromatic rings. The second-order valence-electron chi connectivity index (χ2n) is 7.71. The first kappa shape index (κ1) is 22.0. The van der Waals surface area contributed by atoms with Crippen LogP contribution in [-0.2, 0) is 14.1 Å². The van der Waals surface area contributed by atoms with Crippen LogP contribution in [0.5, 0.6) is 5.75 Å². The normalized spacial score (nSPS) is 14.7. The highest BCUT2D eigenvalue weighted by atomic mass is 35.5. The Morgan fingerprint density at radius 3 is 2.38 bits per heavy atom. The molecule has 9 nitrogen and oxygen atoms in total. The number of pyridine rings is 1. The fraction of sp³-hybridized carbons (Fsp3) is 0.364. The van der Waals surface area contributed by atoms with Crippen molar-refractivity contribution in [2.75, 3.05) is 39.3 Å². The minimum atomic E-state index is -0.478. The molecular weight excluding hydrogens is 434 g/mol. The molecule has 0 spiro atoms. The monoisotopic (exact) mass is 457 g/mol. The fourth-order valence-electron chi connectivity index (χ4n) is 3.73. The fourth-order valence-corrected chi connectivity index (χ4v) is 3.86. The van der Waals surface area contributed by atoms with Gasteiger partial charge in [-0.1, -0.05) is 11.6 Å². The minimum absolute atomic E-state index is 0.210. The zero-order chi connectivity index (χ0) is 22.8. The third kappa shape index (κ3) is 4.39. The molecule has 1 fully saturated rings. The first-order chi connectivity index (χ1) is 15.3. The van der Waals surface area contributed by atoms with E-state index in [0.717, 1.165) is 30.0 Å². The number of hydrogen-bond acceptors (Lipinski definition) is 6. The molecule has 4 rings (SSSR count). The van der Waals surface area contributed by atoms with Crippen molar-refractivity contribution < 1.29 is 9.53 Å². The number of hydrogen-bond donors (Lipinski definition) is 0. The predicted molar refractivity (Wildman–Crippen MR) is 122 cm³/mol. The van der Waals surface area contributed by atoms with Gasteiger partial charge in [0.2, 0.25) is 0 Å². The number of carbonyl (C=O) groups excluding carboxylic acids is 1. The van der Waals surface area contributed by atoms with E-state index >= 15 is 0 Å². The summed E-state index contributed by atoms with van der Waals surface area (Å²) in [6.07, 6.45) is 0. The molecule has 0 atom stereocenters. The second-order valence-corrected chi connectivity index (χ2v) is 8.15. The van der Waals surface area contributed by atoms with Crippen molar-refractivity contribution in [3.8, 4) is 5.75 Å². The molecule has 2 aromatic heterocycles. The smallest absolute Gasteiger partial charge is 0.332 e. The number of aromatic nitrogens is 3. The van der Waals surface area contributed by atoms with Crippen LogP contribution in [0.2, 0.25) is 5.02 Å². The summed E-state index contributed by atoms with van der Waals surface area (Å²) in [5.74, 6) is 0.562. The molecule has 1 aliphatic heterocycles. The average molecular weight is 458 g/mol. The van der Waals surface area contributed by atoms with E-state index in [-0.39, 0.29) is 17.2 Å². The molecule has 3 heterocycles. The quantitative estimate of drug-likeness (QED) is 0.570. The van der Waals surface area contributed by atoms with Crippen molar-refractivity contribution in [3.63, 3.8) is 0 Å². The van der Waals surface area contributed by atoms with Gasteiger partial charge < -0.3 is 9.64 Å². The molecule has 0 unspecified atom stereocenters. The molecule has 10 heteroatoms. The summed E-state index contributed by atoms with van der Waals surface area (Å²) in [7, 11) is 2.96. The van der Waals surface area contributed by atoms with E-state index in [2.05, 4.69) is 9.88 Å². The molecule has 1 aliphatic rings. The zero-order valence-corrected chi connectivity index (χ0v) is 18.7. The molecule has 0 bridgehead atoms. The van der Waals surface area contributed by atoms with Gasteiger partial charge in [0.1, 0.15) is 23.7 Å². The second kappa shape index (κ2) is 9.13. The molecule has 168 valence electrons. The zero-order valence-electron chi connectivity index (χ0n) is 18.0. The van der Waals surface area contributed by atoms with Crippen molar-refractivity contribution in [2.24, 2.45) is 14.1 Å². The highest BCUT2D eigenvalue weighted by molar-refractivity contribution is 6.30. The van der Waals surface area contributed by atoms with Crippen LogP contribution < -0.4 is 16.0 Å². The summed E-state index contributed by atoms with van der Waals surface area (Å²) < 4.78 is 8.05. The molecule has 32 heavy (non-hydrogen) atoms. The topological polar surface area (TPSA) is 89.7 Å². The number of benzene rings is 1. The van der Waals surface area contributed by atoms with Crippen LogP contribution in [0, 0.1) is 0 Å².